The molecule has 0 aliphatic rings. The van der Waals surface area contributed by atoms with E-state index in [0.717, 1.165) is 9.75 Å². The smallest absolute Gasteiger partial charge is 0.221 e. The van der Waals surface area contributed by atoms with Crippen molar-refractivity contribution in [2.45, 2.75) is 32.1 Å². The van der Waals surface area contributed by atoms with Crippen LogP contribution in [0.15, 0.2) is 12.1 Å². The Balaban J connectivity index is 2.70. The molecule has 7 heteroatoms. The zero-order valence-electron chi connectivity index (χ0n) is 9.76. The van der Waals surface area contributed by atoms with Crippen LogP contribution >= 0.6 is 23.6 Å². The lowest BCUT2D eigenvalue weighted by molar-refractivity contribution is 0.574. The van der Waals surface area contributed by atoms with Crippen molar-refractivity contribution in [1.82, 2.24) is 4.72 Å². The summed E-state index contributed by atoms with van der Waals surface area (Å²) in [7, 11) is -3.47. The van der Waals surface area contributed by atoms with Crippen LogP contribution in [0.2, 0.25) is 0 Å². The Bertz CT molecular complexity index is 493. The molecule has 1 atom stereocenters. The maximum Gasteiger partial charge on any atom is 0.221 e. The van der Waals surface area contributed by atoms with Gasteiger partial charge < -0.3 is 5.73 Å². The highest BCUT2D eigenvalue weighted by Gasteiger charge is 2.25. The standard InChI is InChI=1S/C10H16N2O2S3/c1-3-9(10(11)15)17(13,14)12-6-8-5-4-7(2)16-8/h4-5,9,12H,3,6H2,1-2H3,(H2,11,15). The summed E-state index contributed by atoms with van der Waals surface area (Å²) >= 11 is 6.33. The molecule has 1 heterocycles. The molecule has 1 unspecified atom stereocenters. The molecule has 0 bridgehead atoms. The first-order chi connectivity index (χ1) is 7.86. The molecule has 1 rings (SSSR count). The Morgan fingerprint density at radius 3 is 2.65 bits per heavy atom. The molecular formula is C10H16N2O2S3. The number of thiophene rings is 1. The largest absolute Gasteiger partial charge is 0.392 e. The van der Waals surface area contributed by atoms with Crippen LogP contribution in [0.25, 0.3) is 0 Å². The predicted molar refractivity (Wildman–Crippen MR) is 75.7 cm³/mol. The Labute approximate surface area is 111 Å². The van der Waals surface area contributed by atoms with E-state index in [1.807, 2.05) is 19.1 Å². The first-order valence-electron chi connectivity index (χ1n) is 5.20. The summed E-state index contributed by atoms with van der Waals surface area (Å²) in [5.74, 6) is 0. The van der Waals surface area contributed by atoms with Gasteiger partial charge in [0.25, 0.3) is 0 Å². The number of hydrogen-bond donors (Lipinski definition) is 2. The average molecular weight is 292 g/mol. The minimum absolute atomic E-state index is 0.0161. The molecule has 0 aliphatic heterocycles. The molecule has 0 fully saturated rings. The fourth-order valence-electron chi connectivity index (χ4n) is 1.43. The SMILES string of the molecule is CCC(C(N)=S)S(=O)(=O)NCc1ccc(C)s1. The Morgan fingerprint density at radius 2 is 2.24 bits per heavy atom. The van der Waals surface area contributed by atoms with Gasteiger partial charge in [0.15, 0.2) is 0 Å². The van der Waals surface area contributed by atoms with Crippen molar-refractivity contribution in [3.63, 3.8) is 0 Å². The summed E-state index contributed by atoms with van der Waals surface area (Å²) in [6.45, 7) is 4.02. The van der Waals surface area contributed by atoms with E-state index in [2.05, 4.69) is 4.72 Å². The van der Waals surface area contributed by atoms with Crippen LogP contribution in [0, 0.1) is 6.92 Å². The number of hydrogen-bond acceptors (Lipinski definition) is 4. The molecule has 17 heavy (non-hydrogen) atoms. The number of thiocarbonyl (C=S) groups is 1. The van der Waals surface area contributed by atoms with Crippen LogP contribution in [0.3, 0.4) is 0 Å². The van der Waals surface area contributed by atoms with Crippen LogP contribution < -0.4 is 10.5 Å². The van der Waals surface area contributed by atoms with Crippen molar-refractivity contribution in [3.05, 3.63) is 21.9 Å². The van der Waals surface area contributed by atoms with Gasteiger partial charge in [0.2, 0.25) is 10.0 Å². The first-order valence-corrected chi connectivity index (χ1v) is 7.97. The fourth-order valence-corrected chi connectivity index (χ4v) is 4.20. The molecule has 3 N–H and O–H groups in total. The number of nitrogens with two attached hydrogens (primary N) is 1. The van der Waals surface area contributed by atoms with Crippen LogP contribution in [-0.4, -0.2) is 18.7 Å². The molecule has 0 spiro atoms. The van der Waals surface area contributed by atoms with E-state index in [0.29, 0.717) is 13.0 Å². The van der Waals surface area contributed by atoms with Crippen molar-refractivity contribution >= 4 is 38.6 Å². The Kier molecular flexibility index (Phi) is 5.05. The van der Waals surface area contributed by atoms with E-state index < -0.39 is 15.3 Å². The van der Waals surface area contributed by atoms with Crippen molar-refractivity contribution in [2.24, 2.45) is 5.73 Å². The second-order valence-corrected chi connectivity index (χ2v) is 7.47. The molecule has 0 aliphatic carbocycles. The first kappa shape index (κ1) is 14.6. The zero-order chi connectivity index (χ0) is 13.1. The van der Waals surface area contributed by atoms with Crippen LogP contribution in [0.4, 0.5) is 0 Å². The van der Waals surface area contributed by atoms with Crippen molar-refractivity contribution in [3.8, 4) is 0 Å². The van der Waals surface area contributed by atoms with Crippen molar-refractivity contribution in [2.75, 3.05) is 0 Å². The van der Waals surface area contributed by atoms with Gasteiger partial charge in [0.1, 0.15) is 5.25 Å². The van der Waals surface area contributed by atoms with Gasteiger partial charge in [-0.05, 0) is 25.5 Å². The summed E-state index contributed by atoms with van der Waals surface area (Å²) in [6, 6.07) is 3.86. The topological polar surface area (TPSA) is 72.2 Å². The third-order valence-electron chi connectivity index (χ3n) is 2.31. The normalized spacial score (nSPS) is 13.5. The molecular weight excluding hydrogens is 276 g/mol. The predicted octanol–water partition coefficient (Wildman–Crippen LogP) is 1.54. The average Bonchev–Trinajstić information content (AvgIpc) is 2.61. The van der Waals surface area contributed by atoms with Gasteiger partial charge in [0, 0.05) is 16.3 Å². The molecule has 0 saturated carbocycles. The summed E-state index contributed by atoms with van der Waals surface area (Å²) < 4.78 is 26.4. The van der Waals surface area contributed by atoms with Gasteiger partial charge in [-0.2, -0.15) is 0 Å². The second kappa shape index (κ2) is 5.90. The van der Waals surface area contributed by atoms with Crippen molar-refractivity contribution in [1.29, 1.82) is 0 Å². The summed E-state index contributed by atoms with van der Waals surface area (Å²) in [4.78, 5) is 2.15. The zero-order valence-corrected chi connectivity index (χ0v) is 12.2. The van der Waals surface area contributed by atoms with E-state index in [-0.39, 0.29) is 4.99 Å². The third-order valence-corrected chi connectivity index (χ3v) is 5.62. The van der Waals surface area contributed by atoms with Crippen molar-refractivity contribution < 1.29 is 8.42 Å². The Morgan fingerprint density at radius 1 is 1.59 bits per heavy atom. The lowest BCUT2D eigenvalue weighted by atomic mass is 10.3. The number of nitrogens with one attached hydrogen (secondary N) is 1. The molecule has 4 nitrogen and oxygen atoms in total. The van der Waals surface area contributed by atoms with E-state index in [1.165, 1.54) is 0 Å². The molecule has 0 aromatic carbocycles. The lowest BCUT2D eigenvalue weighted by Gasteiger charge is -2.14. The summed E-state index contributed by atoms with van der Waals surface area (Å²) in [5.41, 5.74) is 5.42. The van der Waals surface area contributed by atoms with Gasteiger partial charge in [-0.3, -0.25) is 0 Å². The monoisotopic (exact) mass is 292 g/mol. The second-order valence-electron chi connectivity index (χ2n) is 3.68. The molecule has 1 aromatic heterocycles. The van der Waals surface area contributed by atoms with Crippen LogP contribution in [0.1, 0.15) is 23.1 Å². The van der Waals surface area contributed by atoms with E-state index in [1.54, 1.807) is 18.3 Å². The maximum atomic E-state index is 11.9. The molecule has 0 amide bonds. The van der Waals surface area contributed by atoms with Gasteiger partial charge in [0.05, 0.1) is 4.99 Å². The minimum atomic E-state index is -3.47. The van der Waals surface area contributed by atoms with E-state index in [4.69, 9.17) is 18.0 Å². The molecule has 0 radical (unpaired) electrons. The molecule has 0 saturated heterocycles. The third kappa shape index (κ3) is 4.02. The van der Waals surface area contributed by atoms with Gasteiger partial charge in [-0.25, -0.2) is 13.1 Å². The minimum Gasteiger partial charge on any atom is -0.392 e. The van der Waals surface area contributed by atoms with Crippen LogP contribution in [0.5, 0.6) is 0 Å². The van der Waals surface area contributed by atoms with Gasteiger partial charge >= 0.3 is 0 Å². The Hall–Kier alpha value is -0.500. The fraction of sp³-hybridized carbons (Fsp3) is 0.500. The number of aryl methyl sites for hydroxylation is 1. The number of sulfonamides is 1. The van der Waals surface area contributed by atoms with E-state index >= 15 is 0 Å². The maximum absolute atomic E-state index is 11.9. The molecule has 1 aromatic rings. The quantitative estimate of drug-likeness (QED) is 0.780. The summed E-state index contributed by atoms with van der Waals surface area (Å²) in [5, 5.41) is -0.793. The van der Waals surface area contributed by atoms with Crippen LogP contribution in [-0.2, 0) is 16.6 Å². The highest BCUT2D eigenvalue weighted by atomic mass is 32.2. The molecule has 96 valence electrons. The highest BCUT2D eigenvalue weighted by molar-refractivity contribution is 7.93. The van der Waals surface area contributed by atoms with E-state index in [9.17, 15) is 8.42 Å². The number of rotatable bonds is 6. The van der Waals surface area contributed by atoms with Gasteiger partial charge in [-0.1, -0.05) is 19.1 Å². The summed E-state index contributed by atoms with van der Waals surface area (Å²) in [6.07, 6.45) is 0.383. The highest BCUT2D eigenvalue weighted by Crippen LogP contribution is 2.15. The van der Waals surface area contributed by atoms with Gasteiger partial charge in [-0.15, -0.1) is 11.3 Å². The lowest BCUT2D eigenvalue weighted by Crippen LogP contribution is -2.41.